The Kier molecular flexibility index (Phi) is 6.53. The van der Waals surface area contributed by atoms with Gasteiger partial charge in [0, 0.05) is 28.8 Å². The molecule has 30 heavy (non-hydrogen) atoms. The molecule has 2 amide bonds. The number of carbonyl (C=O) groups excluding carboxylic acids is 2. The minimum Gasteiger partial charge on any atom is -0.384 e. The third-order valence-corrected chi connectivity index (χ3v) is 4.60. The van der Waals surface area contributed by atoms with Crippen molar-refractivity contribution in [3.8, 4) is 0 Å². The summed E-state index contributed by atoms with van der Waals surface area (Å²) < 4.78 is 14.5. The number of pyridine rings is 1. The van der Waals surface area contributed by atoms with Crippen LogP contribution in [0.25, 0.3) is 0 Å². The lowest BCUT2D eigenvalue weighted by Gasteiger charge is -2.12. The van der Waals surface area contributed by atoms with Crippen LogP contribution in [0.1, 0.15) is 26.3 Å². The molecule has 4 N–H and O–H groups in total. The number of rotatable bonds is 5. The van der Waals surface area contributed by atoms with Crippen LogP contribution in [0.4, 0.5) is 15.9 Å². The number of aromatic nitrogens is 1. The van der Waals surface area contributed by atoms with E-state index in [-0.39, 0.29) is 17.1 Å². The number of nitrogens with zero attached hydrogens (tertiary/aromatic N) is 2. The summed E-state index contributed by atoms with van der Waals surface area (Å²) in [5.41, 5.74) is 6.89. The highest BCUT2D eigenvalue weighted by Gasteiger charge is 2.16. The summed E-state index contributed by atoms with van der Waals surface area (Å²) in [7, 11) is 1.57. The highest BCUT2D eigenvalue weighted by atomic mass is 79.9. The molecule has 1 aromatic heterocycles. The zero-order valence-electron chi connectivity index (χ0n) is 15.8. The Morgan fingerprint density at radius 3 is 2.33 bits per heavy atom. The summed E-state index contributed by atoms with van der Waals surface area (Å²) in [6.07, 6.45) is 1.52. The van der Waals surface area contributed by atoms with E-state index in [2.05, 4.69) is 36.5 Å². The fourth-order valence-electron chi connectivity index (χ4n) is 2.56. The molecule has 3 aromatic rings. The summed E-state index contributed by atoms with van der Waals surface area (Å²) in [6.45, 7) is 0. The SMILES string of the molecule is CN=C(N)c1ccc(C(=O)Nc2ccc(F)cc2C(=O)Nc2ccc(Br)cn2)cc1. The molecule has 0 aliphatic carbocycles. The monoisotopic (exact) mass is 469 g/mol. The highest BCUT2D eigenvalue weighted by Crippen LogP contribution is 2.20. The standard InChI is InChI=1S/C21H17BrFN5O2/c1-25-19(24)12-2-4-13(5-3-12)20(29)27-17-8-7-15(23)10-16(17)21(30)28-18-9-6-14(22)11-26-18/h2-11H,1H3,(H2,24,25)(H,27,29)(H,26,28,30). The maximum absolute atomic E-state index is 13.8. The summed E-state index contributed by atoms with van der Waals surface area (Å²) >= 11 is 3.26. The van der Waals surface area contributed by atoms with Crippen LogP contribution in [-0.2, 0) is 0 Å². The number of amides is 2. The number of halogens is 2. The maximum Gasteiger partial charge on any atom is 0.259 e. The Labute approximate surface area is 180 Å². The number of nitrogens with two attached hydrogens (primary N) is 1. The van der Waals surface area contributed by atoms with Crippen molar-refractivity contribution in [1.29, 1.82) is 0 Å². The van der Waals surface area contributed by atoms with Gasteiger partial charge in [-0.3, -0.25) is 14.6 Å². The van der Waals surface area contributed by atoms with E-state index in [0.29, 0.717) is 17.0 Å². The number of aliphatic imine (C=N–C) groups is 1. The van der Waals surface area contributed by atoms with Gasteiger partial charge in [0.25, 0.3) is 11.8 Å². The van der Waals surface area contributed by atoms with Crippen LogP contribution in [0.15, 0.2) is 70.3 Å². The largest absolute Gasteiger partial charge is 0.384 e. The van der Waals surface area contributed by atoms with E-state index in [1.165, 1.54) is 12.3 Å². The first-order valence-corrected chi connectivity index (χ1v) is 9.53. The molecule has 0 unspecified atom stereocenters. The Bertz CT molecular complexity index is 1120. The second kappa shape index (κ2) is 9.27. The Balaban J connectivity index is 1.81. The van der Waals surface area contributed by atoms with E-state index in [1.54, 1.807) is 43.4 Å². The van der Waals surface area contributed by atoms with E-state index in [0.717, 1.165) is 16.6 Å². The van der Waals surface area contributed by atoms with Crippen LogP contribution in [0.5, 0.6) is 0 Å². The molecule has 0 radical (unpaired) electrons. The predicted octanol–water partition coefficient (Wildman–Crippen LogP) is 3.82. The molecule has 0 spiro atoms. The number of anilines is 2. The fourth-order valence-corrected chi connectivity index (χ4v) is 2.80. The molecule has 0 bridgehead atoms. The fraction of sp³-hybridized carbons (Fsp3) is 0.0476. The summed E-state index contributed by atoms with van der Waals surface area (Å²) in [4.78, 5) is 33.2. The average Bonchev–Trinajstić information content (AvgIpc) is 2.76. The van der Waals surface area contributed by atoms with Crippen molar-refractivity contribution >= 4 is 45.1 Å². The van der Waals surface area contributed by atoms with Gasteiger partial charge in [0.15, 0.2) is 0 Å². The molecule has 0 fully saturated rings. The van der Waals surface area contributed by atoms with Crippen LogP contribution >= 0.6 is 15.9 Å². The number of amidine groups is 1. The van der Waals surface area contributed by atoms with Gasteiger partial charge in [-0.05, 0) is 58.4 Å². The van der Waals surface area contributed by atoms with Gasteiger partial charge >= 0.3 is 0 Å². The van der Waals surface area contributed by atoms with E-state index >= 15 is 0 Å². The molecular weight excluding hydrogens is 453 g/mol. The first kappa shape index (κ1) is 21.1. The van der Waals surface area contributed by atoms with Gasteiger partial charge in [0.1, 0.15) is 17.5 Å². The molecule has 3 rings (SSSR count). The molecule has 0 saturated carbocycles. The number of hydrogen-bond donors (Lipinski definition) is 3. The molecule has 0 aliphatic heterocycles. The zero-order chi connectivity index (χ0) is 21.7. The first-order chi connectivity index (χ1) is 14.4. The van der Waals surface area contributed by atoms with Gasteiger partial charge in [0.2, 0.25) is 0 Å². The minimum absolute atomic E-state index is 0.0351. The number of benzene rings is 2. The van der Waals surface area contributed by atoms with Crippen LogP contribution in [-0.4, -0.2) is 29.7 Å². The van der Waals surface area contributed by atoms with E-state index < -0.39 is 17.6 Å². The van der Waals surface area contributed by atoms with Crippen LogP contribution < -0.4 is 16.4 Å². The summed E-state index contributed by atoms with van der Waals surface area (Å²) in [5, 5.41) is 5.21. The smallest absolute Gasteiger partial charge is 0.259 e. The third-order valence-electron chi connectivity index (χ3n) is 4.13. The third kappa shape index (κ3) is 5.06. The van der Waals surface area contributed by atoms with Crippen molar-refractivity contribution in [3.05, 3.63) is 87.8 Å². The number of hydrogen-bond acceptors (Lipinski definition) is 4. The molecule has 0 aliphatic rings. The van der Waals surface area contributed by atoms with Gasteiger partial charge in [-0.1, -0.05) is 12.1 Å². The van der Waals surface area contributed by atoms with E-state index in [1.807, 2.05) is 0 Å². The van der Waals surface area contributed by atoms with Gasteiger partial charge in [0.05, 0.1) is 11.3 Å². The number of carbonyl (C=O) groups is 2. The first-order valence-electron chi connectivity index (χ1n) is 8.74. The van der Waals surface area contributed by atoms with Crippen molar-refractivity contribution in [1.82, 2.24) is 4.98 Å². The quantitative estimate of drug-likeness (QED) is 0.389. The van der Waals surface area contributed by atoms with Crippen molar-refractivity contribution in [2.75, 3.05) is 17.7 Å². The summed E-state index contributed by atoms with van der Waals surface area (Å²) in [6, 6.07) is 13.3. The molecular formula is C21H17BrFN5O2. The van der Waals surface area contributed by atoms with Gasteiger partial charge in [-0.25, -0.2) is 9.37 Å². The van der Waals surface area contributed by atoms with Crippen molar-refractivity contribution < 1.29 is 14.0 Å². The summed E-state index contributed by atoms with van der Waals surface area (Å²) in [5.74, 6) is -1.05. The van der Waals surface area contributed by atoms with Crippen molar-refractivity contribution in [2.45, 2.75) is 0 Å². The Morgan fingerprint density at radius 2 is 1.70 bits per heavy atom. The minimum atomic E-state index is -0.611. The lowest BCUT2D eigenvalue weighted by molar-refractivity contribution is 0.102. The number of nitrogens with one attached hydrogen (secondary N) is 2. The highest BCUT2D eigenvalue weighted by molar-refractivity contribution is 9.10. The normalized spacial score (nSPS) is 11.1. The van der Waals surface area contributed by atoms with Crippen molar-refractivity contribution in [3.63, 3.8) is 0 Å². The average molecular weight is 470 g/mol. The Morgan fingerprint density at radius 1 is 1.00 bits per heavy atom. The molecule has 1 heterocycles. The van der Waals surface area contributed by atoms with Gasteiger partial charge in [-0.2, -0.15) is 0 Å². The van der Waals surface area contributed by atoms with Crippen LogP contribution in [0.3, 0.4) is 0 Å². The van der Waals surface area contributed by atoms with Crippen LogP contribution in [0, 0.1) is 5.82 Å². The lowest BCUT2D eigenvalue weighted by atomic mass is 10.1. The van der Waals surface area contributed by atoms with Crippen molar-refractivity contribution in [2.24, 2.45) is 10.7 Å². The second-order valence-electron chi connectivity index (χ2n) is 6.15. The molecule has 152 valence electrons. The molecule has 7 nitrogen and oxygen atoms in total. The molecule has 0 atom stereocenters. The predicted molar refractivity (Wildman–Crippen MR) is 117 cm³/mol. The lowest BCUT2D eigenvalue weighted by Crippen LogP contribution is -2.19. The zero-order valence-corrected chi connectivity index (χ0v) is 17.4. The second-order valence-corrected chi connectivity index (χ2v) is 7.06. The molecule has 9 heteroatoms. The molecule has 2 aromatic carbocycles. The topological polar surface area (TPSA) is 109 Å². The molecule has 0 saturated heterocycles. The van der Waals surface area contributed by atoms with Crippen LogP contribution in [0.2, 0.25) is 0 Å². The Hall–Kier alpha value is -3.59. The van der Waals surface area contributed by atoms with E-state index in [4.69, 9.17) is 5.73 Å². The van der Waals surface area contributed by atoms with E-state index in [9.17, 15) is 14.0 Å². The van der Waals surface area contributed by atoms with Gasteiger partial charge in [-0.15, -0.1) is 0 Å². The maximum atomic E-state index is 13.8. The van der Waals surface area contributed by atoms with Gasteiger partial charge < -0.3 is 16.4 Å².